The second-order valence-electron chi connectivity index (χ2n) is 4.50. The van der Waals surface area contributed by atoms with Gasteiger partial charge in [0.25, 0.3) is 0 Å². The van der Waals surface area contributed by atoms with E-state index in [1.165, 1.54) is 18.2 Å². The predicted octanol–water partition coefficient (Wildman–Crippen LogP) is 2.26. The van der Waals surface area contributed by atoms with Crippen molar-refractivity contribution in [3.8, 4) is 5.75 Å². The number of halogens is 3. The Balaban J connectivity index is 1.89. The lowest BCUT2D eigenvalue weighted by Gasteiger charge is -2.23. The van der Waals surface area contributed by atoms with Gasteiger partial charge in [-0.3, -0.25) is 4.79 Å². The van der Waals surface area contributed by atoms with Crippen molar-refractivity contribution in [1.29, 1.82) is 0 Å². The monoisotopic (exact) mass is 320 g/mol. The van der Waals surface area contributed by atoms with Crippen LogP contribution >= 0.6 is 11.6 Å². The molecular formula is C13H15ClF2N2O3. The van der Waals surface area contributed by atoms with Crippen LogP contribution in [0.5, 0.6) is 5.75 Å². The number of nitrogens with one attached hydrogen (secondary N) is 2. The maximum absolute atomic E-state index is 12.1. The van der Waals surface area contributed by atoms with E-state index in [1.54, 1.807) is 0 Å². The van der Waals surface area contributed by atoms with Crippen molar-refractivity contribution >= 4 is 23.2 Å². The van der Waals surface area contributed by atoms with Crippen molar-refractivity contribution < 1.29 is 23.0 Å². The Bertz CT molecular complexity index is 496. The average molecular weight is 321 g/mol. The van der Waals surface area contributed by atoms with E-state index in [1.807, 2.05) is 0 Å². The molecule has 5 nitrogen and oxygen atoms in total. The smallest absolute Gasteiger partial charge is 0.387 e. The van der Waals surface area contributed by atoms with E-state index in [-0.39, 0.29) is 29.1 Å². The minimum Gasteiger partial charge on any atom is -0.433 e. The topological polar surface area (TPSA) is 59.6 Å². The molecule has 0 saturated carbocycles. The molecule has 116 valence electrons. The quantitative estimate of drug-likeness (QED) is 0.873. The molecule has 1 aromatic rings. The van der Waals surface area contributed by atoms with Crippen LogP contribution in [-0.2, 0) is 9.53 Å². The summed E-state index contributed by atoms with van der Waals surface area (Å²) in [5.41, 5.74) is 0.420. The third-order valence-electron chi connectivity index (χ3n) is 2.86. The normalized spacial score (nSPS) is 18.6. The molecule has 2 rings (SSSR count). The Morgan fingerprint density at radius 3 is 3.00 bits per heavy atom. The summed E-state index contributed by atoms with van der Waals surface area (Å²) < 4.78 is 33.7. The van der Waals surface area contributed by atoms with Crippen LogP contribution in [0.15, 0.2) is 18.2 Å². The largest absolute Gasteiger partial charge is 0.433 e. The Morgan fingerprint density at radius 2 is 2.38 bits per heavy atom. The van der Waals surface area contributed by atoms with Crippen LogP contribution in [0.3, 0.4) is 0 Å². The first-order valence-electron chi connectivity index (χ1n) is 6.40. The second-order valence-corrected chi connectivity index (χ2v) is 4.91. The summed E-state index contributed by atoms with van der Waals surface area (Å²) in [4.78, 5) is 11.9. The fourth-order valence-electron chi connectivity index (χ4n) is 1.96. The second kappa shape index (κ2) is 7.53. The number of carbonyl (C=O) groups excluding carboxylic acids is 1. The van der Waals surface area contributed by atoms with Crippen molar-refractivity contribution in [2.45, 2.75) is 19.1 Å². The lowest BCUT2D eigenvalue weighted by Crippen LogP contribution is -2.43. The number of morpholine rings is 1. The van der Waals surface area contributed by atoms with Crippen LogP contribution in [-0.4, -0.2) is 38.3 Å². The van der Waals surface area contributed by atoms with Crippen LogP contribution in [0.25, 0.3) is 0 Å². The molecular weight excluding hydrogens is 306 g/mol. The first kappa shape index (κ1) is 15.9. The van der Waals surface area contributed by atoms with Crippen molar-refractivity contribution in [3.63, 3.8) is 0 Å². The van der Waals surface area contributed by atoms with E-state index >= 15 is 0 Å². The third kappa shape index (κ3) is 5.11. The Kier molecular flexibility index (Phi) is 5.72. The lowest BCUT2D eigenvalue weighted by atomic mass is 10.2. The highest BCUT2D eigenvalue weighted by atomic mass is 35.5. The molecule has 1 heterocycles. The minimum atomic E-state index is -2.94. The molecule has 0 aliphatic carbocycles. The first-order valence-corrected chi connectivity index (χ1v) is 6.77. The van der Waals surface area contributed by atoms with Gasteiger partial charge in [-0.1, -0.05) is 11.6 Å². The average Bonchev–Trinajstić information content (AvgIpc) is 2.42. The molecule has 1 aliphatic heterocycles. The summed E-state index contributed by atoms with van der Waals surface area (Å²) in [5.74, 6) is -0.344. The van der Waals surface area contributed by atoms with Crippen LogP contribution in [0.1, 0.15) is 6.42 Å². The predicted molar refractivity (Wildman–Crippen MR) is 73.9 cm³/mol. The molecule has 1 fully saturated rings. The summed E-state index contributed by atoms with van der Waals surface area (Å²) in [6.07, 6.45) is 0.257. The van der Waals surface area contributed by atoms with Gasteiger partial charge in [0.1, 0.15) is 5.75 Å². The molecule has 8 heteroatoms. The zero-order chi connectivity index (χ0) is 15.2. The number of hydrogen-bond acceptors (Lipinski definition) is 4. The summed E-state index contributed by atoms with van der Waals surface area (Å²) in [5, 5.41) is 5.82. The number of carbonyl (C=O) groups is 1. The standard InChI is InChI=1S/C13H15ClF2N2O3/c14-10-5-8(1-2-11(10)21-13(15)16)18-12(19)6-9-7-20-4-3-17-9/h1-2,5,9,13,17H,3-4,6-7H2,(H,18,19). The van der Waals surface area contributed by atoms with E-state index in [0.717, 1.165) is 0 Å². The minimum absolute atomic E-state index is 0.00669. The molecule has 0 spiro atoms. The van der Waals surface area contributed by atoms with Gasteiger partial charge in [-0.05, 0) is 18.2 Å². The molecule has 21 heavy (non-hydrogen) atoms. The highest BCUT2D eigenvalue weighted by Gasteiger charge is 2.17. The lowest BCUT2D eigenvalue weighted by molar-refractivity contribution is -0.117. The first-order chi connectivity index (χ1) is 10.0. The summed E-state index contributed by atoms with van der Waals surface area (Å²) in [7, 11) is 0. The Morgan fingerprint density at radius 1 is 1.57 bits per heavy atom. The summed E-state index contributed by atoms with van der Waals surface area (Å²) >= 11 is 5.81. The van der Waals surface area contributed by atoms with Gasteiger partial charge in [-0.15, -0.1) is 0 Å². The fourth-order valence-corrected chi connectivity index (χ4v) is 2.18. The maximum atomic E-state index is 12.1. The molecule has 1 unspecified atom stereocenters. The Labute approximate surface area is 125 Å². The van der Waals surface area contributed by atoms with Gasteiger partial charge in [0.05, 0.1) is 18.2 Å². The van der Waals surface area contributed by atoms with Gasteiger partial charge in [0.15, 0.2) is 0 Å². The van der Waals surface area contributed by atoms with Crippen molar-refractivity contribution in [1.82, 2.24) is 5.32 Å². The number of alkyl halides is 2. The molecule has 2 N–H and O–H groups in total. The SMILES string of the molecule is O=C(CC1COCCN1)Nc1ccc(OC(F)F)c(Cl)c1. The molecule has 1 aliphatic rings. The van der Waals surface area contributed by atoms with Crippen LogP contribution in [0.4, 0.5) is 14.5 Å². The van der Waals surface area contributed by atoms with Gasteiger partial charge in [-0.2, -0.15) is 8.78 Å². The van der Waals surface area contributed by atoms with Gasteiger partial charge < -0.3 is 20.1 Å². The molecule has 1 atom stereocenters. The van der Waals surface area contributed by atoms with E-state index in [4.69, 9.17) is 16.3 Å². The zero-order valence-electron chi connectivity index (χ0n) is 11.1. The highest BCUT2D eigenvalue weighted by Crippen LogP contribution is 2.29. The molecule has 0 aromatic heterocycles. The molecule has 0 radical (unpaired) electrons. The zero-order valence-corrected chi connectivity index (χ0v) is 11.8. The van der Waals surface area contributed by atoms with E-state index in [9.17, 15) is 13.6 Å². The highest BCUT2D eigenvalue weighted by molar-refractivity contribution is 6.32. The van der Waals surface area contributed by atoms with Gasteiger partial charge in [0, 0.05) is 24.7 Å². The van der Waals surface area contributed by atoms with Crippen LogP contribution < -0.4 is 15.4 Å². The Hall–Kier alpha value is -1.44. The summed E-state index contributed by atoms with van der Waals surface area (Å²) in [6.45, 7) is -1.11. The van der Waals surface area contributed by atoms with Crippen LogP contribution in [0, 0.1) is 0 Å². The van der Waals surface area contributed by atoms with Gasteiger partial charge in [-0.25, -0.2) is 0 Å². The van der Waals surface area contributed by atoms with E-state index in [0.29, 0.717) is 25.4 Å². The molecule has 0 bridgehead atoms. The number of benzene rings is 1. The van der Waals surface area contributed by atoms with Gasteiger partial charge >= 0.3 is 6.61 Å². The van der Waals surface area contributed by atoms with Crippen molar-refractivity contribution in [2.75, 3.05) is 25.1 Å². The van der Waals surface area contributed by atoms with Crippen molar-refractivity contribution in [2.24, 2.45) is 0 Å². The van der Waals surface area contributed by atoms with Crippen molar-refractivity contribution in [3.05, 3.63) is 23.2 Å². The maximum Gasteiger partial charge on any atom is 0.387 e. The van der Waals surface area contributed by atoms with E-state index < -0.39 is 6.61 Å². The van der Waals surface area contributed by atoms with Crippen LogP contribution in [0.2, 0.25) is 5.02 Å². The molecule has 1 saturated heterocycles. The fraction of sp³-hybridized carbons (Fsp3) is 0.462. The van der Waals surface area contributed by atoms with E-state index in [2.05, 4.69) is 15.4 Å². The number of ether oxygens (including phenoxy) is 2. The number of anilines is 1. The number of rotatable bonds is 5. The summed E-state index contributed by atoms with van der Waals surface area (Å²) in [6, 6.07) is 4.07. The molecule has 1 amide bonds. The molecule has 1 aromatic carbocycles. The van der Waals surface area contributed by atoms with Gasteiger partial charge in [0.2, 0.25) is 5.91 Å². The number of hydrogen-bond donors (Lipinski definition) is 2. The third-order valence-corrected chi connectivity index (χ3v) is 3.16. The number of amides is 1.